The second-order valence-corrected chi connectivity index (χ2v) is 8.94. The highest BCUT2D eigenvalue weighted by atomic mass is 35.5. The van der Waals surface area contributed by atoms with E-state index in [1.165, 1.54) is 12.1 Å². The fourth-order valence-corrected chi connectivity index (χ4v) is 4.29. The van der Waals surface area contributed by atoms with E-state index in [0.29, 0.717) is 17.2 Å². The summed E-state index contributed by atoms with van der Waals surface area (Å²) in [5.74, 6) is 0. The molecule has 0 aliphatic rings. The van der Waals surface area contributed by atoms with E-state index < -0.39 is 16.1 Å². The summed E-state index contributed by atoms with van der Waals surface area (Å²) in [5, 5.41) is 13.5. The van der Waals surface area contributed by atoms with Crippen LogP contribution in [0.5, 0.6) is 0 Å². The number of sulfonamides is 1. The zero-order chi connectivity index (χ0) is 21.8. The highest BCUT2D eigenvalue weighted by Gasteiger charge is 2.24. The molecule has 1 atom stereocenters. The van der Waals surface area contributed by atoms with Gasteiger partial charge in [0.05, 0.1) is 16.1 Å². The number of hydrogen-bond donors (Lipinski definition) is 1. The van der Waals surface area contributed by atoms with Crippen molar-refractivity contribution in [3.05, 3.63) is 89.4 Å². The molecule has 1 heterocycles. The molecule has 1 N–H and O–H groups in total. The number of aromatic nitrogens is 3. The average molecular weight is 454 g/mol. The Morgan fingerprint density at radius 3 is 2.42 bits per heavy atom. The van der Waals surface area contributed by atoms with Crippen molar-refractivity contribution < 1.29 is 8.42 Å². The molecule has 0 radical (unpaired) electrons. The number of fused-ring (bicyclic) bond motifs is 1. The van der Waals surface area contributed by atoms with Crippen molar-refractivity contribution >= 4 is 38.4 Å². The highest BCUT2D eigenvalue weighted by molar-refractivity contribution is 7.89. The first-order chi connectivity index (χ1) is 15.0. The van der Waals surface area contributed by atoms with Crippen LogP contribution in [0.2, 0.25) is 5.02 Å². The van der Waals surface area contributed by atoms with Gasteiger partial charge in [-0.25, -0.2) is 9.51 Å². The number of nitrogens with zero attached hydrogens (tertiary/aromatic N) is 4. The first-order valence-electron chi connectivity index (χ1n) is 9.68. The van der Waals surface area contributed by atoms with Crippen molar-refractivity contribution in [3.8, 4) is 0 Å². The van der Waals surface area contributed by atoms with Gasteiger partial charge < -0.3 is 0 Å². The molecule has 4 aromatic rings. The van der Waals surface area contributed by atoms with Crippen LogP contribution in [-0.2, 0) is 10.0 Å². The zero-order valence-corrected chi connectivity index (χ0v) is 18.3. The molecule has 0 saturated heterocycles. The third-order valence-electron chi connectivity index (χ3n) is 4.85. The lowest BCUT2D eigenvalue weighted by atomic mass is 10.0. The minimum absolute atomic E-state index is 0.142. The van der Waals surface area contributed by atoms with Gasteiger partial charge in [-0.3, -0.25) is 0 Å². The van der Waals surface area contributed by atoms with Crippen LogP contribution in [0.15, 0.2) is 88.9 Å². The van der Waals surface area contributed by atoms with Gasteiger partial charge in [0.25, 0.3) is 10.0 Å². The first-order valence-corrected chi connectivity index (χ1v) is 11.5. The van der Waals surface area contributed by atoms with E-state index in [1.807, 2.05) is 43.3 Å². The number of rotatable bonds is 7. The van der Waals surface area contributed by atoms with E-state index in [9.17, 15) is 8.42 Å². The van der Waals surface area contributed by atoms with Crippen LogP contribution in [0.3, 0.4) is 0 Å². The van der Waals surface area contributed by atoms with Gasteiger partial charge in [-0.05, 0) is 48.4 Å². The Morgan fingerprint density at radius 1 is 1.03 bits per heavy atom. The Kier molecular flexibility index (Phi) is 6.01. The minimum atomic E-state index is -3.80. The van der Waals surface area contributed by atoms with E-state index in [4.69, 9.17) is 11.6 Å². The molecule has 7 nitrogen and oxygen atoms in total. The second kappa shape index (κ2) is 8.87. The van der Waals surface area contributed by atoms with Gasteiger partial charge >= 0.3 is 0 Å². The maximum Gasteiger partial charge on any atom is 0.276 e. The Morgan fingerprint density at radius 2 is 1.71 bits per heavy atom. The van der Waals surface area contributed by atoms with Gasteiger partial charge in [-0.2, -0.15) is 13.5 Å². The zero-order valence-electron chi connectivity index (χ0n) is 16.7. The van der Waals surface area contributed by atoms with Crippen LogP contribution in [0, 0.1) is 0 Å². The third-order valence-corrected chi connectivity index (χ3v) is 6.32. The van der Waals surface area contributed by atoms with Crippen LogP contribution < -0.4 is 4.83 Å². The van der Waals surface area contributed by atoms with Gasteiger partial charge in [0, 0.05) is 5.02 Å². The molecule has 9 heteroatoms. The Hall–Kier alpha value is -3.23. The van der Waals surface area contributed by atoms with Crippen LogP contribution in [0.1, 0.15) is 24.9 Å². The molecule has 0 bridgehead atoms. The molecule has 31 heavy (non-hydrogen) atoms. The Bertz CT molecular complexity index is 1320. The van der Waals surface area contributed by atoms with Crippen LogP contribution in [-0.4, -0.2) is 29.1 Å². The van der Waals surface area contributed by atoms with Crippen molar-refractivity contribution in [3.63, 3.8) is 0 Å². The van der Waals surface area contributed by atoms with Crippen molar-refractivity contribution in [2.75, 3.05) is 0 Å². The van der Waals surface area contributed by atoms with E-state index >= 15 is 0 Å². The summed E-state index contributed by atoms with van der Waals surface area (Å²) in [4.78, 5) is 2.51. The minimum Gasteiger partial charge on any atom is -0.231 e. The topological polar surface area (TPSA) is 89.2 Å². The third kappa shape index (κ3) is 4.45. The molecule has 0 saturated carbocycles. The molecule has 0 fully saturated rings. The van der Waals surface area contributed by atoms with Crippen molar-refractivity contribution in [1.82, 2.24) is 19.8 Å². The van der Waals surface area contributed by atoms with Gasteiger partial charge in [-0.1, -0.05) is 66.2 Å². The van der Waals surface area contributed by atoms with Gasteiger partial charge in [0.1, 0.15) is 11.6 Å². The molecule has 3 aromatic carbocycles. The number of benzene rings is 3. The second-order valence-electron chi connectivity index (χ2n) is 6.84. The monoisotopic (exact) mass is 453 g/mol. The van der Waals surface area contributed by atoms with Crippen molar-refractivity contribution in [1.29, 1.82) is 0 Å². The summed E-state index contributed by atoms with van der Waals surface area (Å²) in [7, 11) is -3.80. The molecule has 0 amide bonds. The van der Waals surface area contributed by atoms with E-state index in [2.05, 4.69) is 20.2 Å². The SMILES string of the molecule is CC/C(=N/NS(=O)(=O)c1ccccc1)C(c1ccc(Cl)cc1)n1nnc2ccccc21. The maximum absolute atomic E-state index is 12.7. The Balaban J connectivity index is 1.80. The molecule has 1 aromatic heterocycles. The standard InChI is InChI=1S/C22H20ClN5O2S/c1-2-19(25-27-31(29,30)18-8-4-3-5-9-18)22(16-12-14-17(23)15-13-16)28-21-11-7-6-10-20(21)24-26-28/h3-15,22,27H,2H2,1H3/b25-19-. The molecular weight excluding hydrogens is 434 g/mol. The summed E-state index contributed by atoms with van der Waals surface area (Å²) in [6.07, 6.45) is 0.485. The lowest BCUT2D eigenvalue weighted by molar-refractivity contribution is 0.581. The van der Waals surface area contributed by atoms with Crippen molar-refractivity contribution in [2.45, 2.75) is 24.3 Å². The number of nitrogens with one attached hydrogen (secondary N) is 1. The highest BCUT2D eigenvalue weighted by Crippen LogP contribution is 2.26. The number of hydrogen-bond acceptors (Lipinski definition) is 5. The number of hydrazone groups is 1. The molecule has 0 spiro atoms. The van der Waals surface area contributed by atoms with E-state index in [-0.39, 0.29) is 4.90 Å². The Labute approximate surface area is 185 Å². The molecule has 158 valence electrons. The fourth-order valence-electron chi connectivity index (χ4n) is 3.30. The predicted molar refractivity (Wildman–Crippen MR) is 122 cm³/mol. The largest absolute Gasteiger partial charge is 0.276 e. The van der Waals surface area contributed by atoms with E-state index in [1.54, 1.807) is 35.0 Å². The molecule has 4 rings (SSSR count). The lowest BCUT2D eigenvalue weighted by Crippen LogP contribution is -2.26. The summed E-state index contributed by atoms with van der Waals surface area (Å²) in [6.45, 7) is 1.91. The predicted octanol–water partition coefficient (Wildman–Crippen LogP) is 4.42. The molecule has 0 aliphatic carbocycles. The summed E-state index contributed by atoms with van der Waals surface area (Å²) in [5.41, 5.74) is 2.99. The lowest BCUT2D eigenvalue weighted by Gasteiger charge is -2.20. The maximum atomic E-state index is 12.7. The molecule has 1 unspecified atom stereocenters. The molecular formula is C22H20ClN5O2S. The quantitative estimate of drug-likeness (QED) is 0.331. The van der Waals surface area contributed by atoms with Gasteiger partial charge in [-0.15, -0.1) is 5.10 Å². The first kappa shape index (κ1) is 21.0. The van der Waals surface area contributed by atoms with Crippen molar-refractivity contribution in [2.24, 2.45) is 5.10 Å². The molecule has 0 aliphatic heterocycles. The van der Waals surface area contributed by atoms with Crippen LogP contribution in [0.4, 0.5) is 0 Å². The number of halogens is 1. The summed E-state index contributed by atoms with van der Waals surface area (Å²) in [6, 6.07) is 22.6. The van der Waals surface area contributed by atoms with Gasteiger partial charge in [0.2, 0.25) is 0 Å². The van der Waals surface area contributed by atoms with Crippen LogP contribution >= 0.6 is 11.6 Å². The fraction of sp³-hybridized carbons (Fsp3) is 0.136. The average Bonchev–Trinajstić information content (AvgIpc) is 3.22. The summed E-state index contributed by atoms with van der Waals surface area (Å²) < 4.78 is 27.1. The number of para-hydroxylation sites is 1. The normalized spacial score (nSPS) is 13.3. The van der Waals surface area contributed by atoms with E-state index in [0.717, 1.165) is 16.6 Å². The summed E-state index contributed by atoms with van der Waals surface area (Å²) >= 11 is 6.08. The smallest absolute Gasteiger partial charge is 0.231 e. The van der Waals surface area contributed by atoms with Crippen LogP contribution in [0.25, 0.3) is 11.0 Å². The van der Waals surface area contributed by atoms with Gasteiger partial charge in [0.15, 0.2) is 0 Å².